The van der Waals surface area contributed by atoms with Gasteiger partial charge < -0.3 is 4.74 Å². The van der Waals surface area contributed by atoms with Gasteiger partial charge in [0.05, 0.1) is 7.11 Å². The van der Waals surface area contributed by atoms with E-state index in [1.54, 1.807) is 0 Å². The molecule has 0 aromatic heterocycles. The number of allylic oxidation sites excluding steroid dienone is 5. The fraction of sp³-hybridized carbons (Fsp3) is 0.300. The Hall–Kier alpha value is -1.31. The zero-order valence-electron chi connectivity index (χ0n) is 7.07. The van der Waals surface area contributed by atoms with Crippen molar-refractivity contribution in [2.45, 2.75) is 6.42 Å². The molecule has 0 radical (unpaired) electrons. The van der Waals surface area contributed by atoms with Gasteiger partial charge >= 0.3 is 5.97 Å². The van der Waals surface area contributed by atoms with Gasteiger partial charge in [-0.1, -0.05) is 30.4 Å². The molecule has 0 aromatic rings. The van der Waals surface area contributed by atoms with Gasteiger partial charge in [0, 0.05) is 6.08 Å². The summed E-state index contributed by atoms with van der Waals surface area (Å²) in [6.45, 7) is 0. The first-order chi connectivity index (χ1) is 5.83. The molecule has 1 aliphatic carbocycles. The maximum absolute atomic E-state index is 10.7. The fourth-order valence-electron chi connectivity index (χ4n) is 1.01. The molecule has 0 bridgehead atoms. The van der Waals surface area contributed by atoms with Crippen LogP contribution in [0, 0.1) is 5.92 Å². The average Bonchev–Trinajstić information content (AvgIpc) is 2.16. The zero-order valence-corrected chi connectivity index (χ0v) is 7.07. The minimum absolute atomic E-state index is 0.294. The van der Waals surface area contributed by atoms with Gasteiger partial charge in [0.1, 0.15) is 0 Å². The molecule has 0 N–H and O–H groups in total. The minimum Gasteiger partial charge on any atom is -0.466 e. The molecule has 1 rings (SSSR count). The SMILES string of the molecule is COC(=O)/C=C/C1C=CC=CC1. The predicted octanol–water partition coefficient (Wildman–Crippen LogP) is 1.85. The zero-order chi connectivity index (χ0) is 8.81. The average molecular weight is 164 g/mol. The molecule has 0 amide bonds. The monoisotopic (exact) mass is 164 g/mol. The lowest BCUT2D eigenvalue weighted by Crippen LogP contribution is -1.97. The topological polar surface area (TPSA) is 26.3 Å². The summed E-state index contributed by atoms with van der Waals surface area (Å²) in [6, 6.07) is 0. The van der Waals surface area contributed by atoms with E-state index >= 15 is 0 Å². The van der Waals surface area contributed by atoms with Crippen molar-refractivity contribution in [2.24, 2.45) is 5.92 Å². The highest BCUT2D eigenvalue weighted by molar-refractivity contribution is 5.81. The molecular weight excluding hydrogens is 152 g/mol. The largest absolute Gasteiger partial charge is 0.466 e. The second-order valence-corrected chi connectivity index (χ2v) is 2.59. The summed E-state index contributed by atoms with van der Waals surface area (Å²) in [6.07, 6.45) is 12.4. The molecule has 0 saturated heterocycles. The molecule has 0 spiro atoms. The molecular formula is C10H12O2. The molecule has 2 nitrogen and oxygen atoms in total. The lowest BCUT2D eigenvalue weighted by Gasteiger charge is -2.05. The highest BCUT2D eigenvalue weighted by atomic mass is 16.5. The second-order valence-electron chi connectivity index (χ2n) is 2.59. The Bertz CT molecular complexity index is 236. The summed E-state index contributed by atoms with van der Waals surface area (Å²) in [5, 5.41) is 0. The first-order valence-corrected chi connectivity index (χ1v) is 3.92. The Labute approximate surface area is 72.2 Å². The Morgan fingerprint density at radius 2 is 2.42 bits per heavy atom. The smallest absolute Gasteiger partial charge is 0.330 e. The molecule has 0 saturated carbocycles. The van der Waals surface area contributed by atoms with Gasteiger partial charge in [-0.3, -0.25) is 0 Å². The van der Waals surface area contributed by atoms with Crippen LogP contribution >= 0.6 is 0 Å². The van der Waals surface area contributed by atoms with Crippen LogP contribution in [0.15, 0.2) is 36.5 Å². The standard InChI is InChI=1S/C10H12O2/c1-12-10(11)8-7-9-5-3-2-4-6-9/h2-5,7-9H,6H2,1H3/b8-7+. The van der Waals surface area contributed by atoms with E-state index in [-0.39, 0.29) is 5.97 Å². The fourth-order valence-corrected chi connectivity index (χ4v) is 1.01. The number of rotatable bonds is 2. The van der Waals surface area contributed by atoms with Gasteiger partial charge in [-0.05, 0) is 12.3 Å². The summed E-state index contributed by atoms with van der Waals surface area (Å²) in [5.74, 6) is 0.0482. The molecule has 0 heterocycles. The van der Waals surface area contributed by atoms with Crippen LogP contribution < -0.4 is 0 Å². The molecule has 0 aliphatic heterocycles. The lowest BCUT2D eigenvalue weighted by molar-refractivity contribution is -0.134. The van der Waals surface area contributed by atoms with Crippen LogP contribution in [0.5, 0.6) is 0 Å². The molecule has 12 heavy (non-hydrogen) atoms. The van der Waals surface area contributed by atoms with Gasteiger partial charge in [0.25, 0.3) is 0 Å². The third kappa shape index (κ3) is 2.74. The van der Waals surface area contributed by atoms with E-state index in [2.05, 4.69) is 16.9 Å². The number of carbonyl (C=O) groups excluding carboxylic acids is 1. The number of hydrogen-bond acceptors (Lipinski definition) is 2. The van der Waals surface area contributed by atoms with Crippen molar-refractivity contribution in [3.8, 4) is 0 Å². The van der Waals surface area contributed by atoms with Crippen molar-refractivity contribution < 1.29 is 9.53 Å². The van der Waals surface area contributed by atoms with Crippen LogP contribution in [-0.4, -0.2) is 13.1 Å². The normalized spacial score (nSPS) is 21.6. The maximum atomic E-state index is 10.7. The number of carbonyl (C=O) groups is 1. The highest BCUT2D eigenvalue weighted by Crippen LogP contribution is 2.12. The molecule has 0 fully saturated rings. The van der Waals surface area contributed by atoms with E-state index in [4.69, 9.17) is 0 Å². The molecule has 64 valence electrons. The Morgan fingerprint density at radius 3 is 3.00 bits per heavy atom. The molecule has 1 unspecified atom stereocenters. The van der Waals surface area contributed by atoms with Crippen molar-refractivity contribution >= 4 is 5.97 Å². The van der Waals surface area contributed by atoms with E-state index in [0.29, 0.717) is 5.92 Å². The van der Waals surface area contributed by atoms with Crippen LogP contribution in [0.4, 0.5) is 0 Å². The molecule has 2 heteroatoms. The number of esters is 1. The van der Waals surface area contributed by atoms with E-state index in [1.807, 2.05) is 18.2 Å². The van der Waals surface area contributed by atoms with E-state index in [9.17, 15) is 4.79 Å². The van der Waals surface area contributed by atoms with Crippen LogP contribution in [0.2, 0.25) is 0 Å². The van der Waals surface area contributed by atoms with Gasteiger partial charge in [-0.15, -0.1) is 0 Å². The van der Waals surface area contributed by atoms with Gasteiger partial charge in [0.2, 0.25) is 0 Å². The Kier molecular flexibility index (Phi) is 3.33. The van der Waals surface area contributed by atoms with E-state index in [0.717, 1.165) is 6.42 Å². The predicted molar refractivity (Wildman–Crippen MR) is 47.5 cm³/mol. The number of ether oxygens (including phenoxy) is 1. The molecule has 1 aliphatic rings. The van der Waals surface area contributed by atoms with Crippen molar-refractivity contribution in [3.05, 3.63) is 36.5 Å². The first kappa shape index (κ1) is 8.78. The summed E-state index contributed by atoms with van der Waals surface area (Å²) in [7, 11) is 1.38. The third-order valence-corrected chi connectivity index (χ3v) is 1.69. The van der Waals surface area contributed by atoms with Crippen LogP contribution in [0.3, 0.4) is 0 Å². The summed E-state index contributed by atoms with van der Waals surface area (Å²) in [4.78, 5) is 10.7. The van der Waals surface area contributed by atoms with Crippen molar-refractivity contribution in [3.63, 3.8) is 0 Å². The van der Waals surface area contributed by atoms with E-state index < -0.39 is 0 Å². The maximum Gasteiger partial charge on any atom is 0.330 e. The third-order valence-electron chi connectivity index (χ3n) is 1.69. The van der Waals surface area contributed by atoms with Crippen LogP contribution in [0.25, 0.3) is 0 Å². The van der Waals surface area contributed by atoms with E-state index in [1.165, 1.54) is 13.2 Å². The number of hydrogen-bond donors (Lipinski definition) is 0. The quantitative estimate of drug-likeness (QED) is 0.460. The minimum atomic E-state index is -0.294. The van der Waals surface area contributed by atoms with Gasteiger partial charge in [-0.25, -0.2) is 4.79 Å². The van der Waals surface area contributed by atoms with Gasteiger partial charge in [0.15, 0.2) is 0 Å². The van der Waals surface area contributed by atoms with Crippen LogP contribution in [0.1, 0.15) is 6.42 Å². The Morgan fingerprint density at radius 1 is 1.58 bits per heavy atom. The first-order valence-electron chi connectivity index (χ1n) is 3.92. The second kappa shape index (κ2) is 4.54. The Balaban J connectivity index is 2.41. The van der Waals surface area contributed by atoms with Crippen molar-refractivity contribution in [2.75, 3.05) is 7.11 Å². The number of methoxy groups -OCH3 is 1. The van der Waals surface area contributed by atoms with Crippen molar-refractivity contribution in [1.29, 1.82) is 0 Å². The highest BCUT2D eigenvalue weighted by Gasteiger charge is 2.00. The molecule has 1 atom stereocenters. The summed E-state index contributed by atoms with van der Waals surface area (Å²) in [5.41, 5.74) is 0. The van der Waals surface area contributed by atoms with Gasteiger partial charge in [-0.2, -0.15) is 0 Å². The lowest BCUT2D eigenvalue weighted by atomic mass is 10.0. The summed E-state index contributed by atoms with van der Waals surface area (Å²) < 4.78 is 4.47. The van der Waals surface area contributed by atoms with Crippen LogP contribution in [-0.2, 0) is 9.53 Å². The van der Waals surface area contributed by atoms with Crippen molar-refractivity contribution in [1.82, 2.24) is 0 Å². The summed E-state index contributed by atoms with van der Waals surface area (Å²) >= 11 is 0. The molecule has 0 aromatic carbocycles.